The van der Waals surface area contributed by atoms with Crippen LogP contribution in [0.3, 0.4) is 0 Å². The number of benzene rings is 2. The summed E-state index contributed by atoms with van der Waals surface area (Å²) in [4.78, 5) is 12.4. The van der Waals surface area contributed by atoms with E-state index in [4.69, 9.17) is 16.3 Å². The molecule has 0 aliphatic carbocycles. The van der Waals surface area contributed by atoms with E-state index in [1.54, 1.807) is 6.07 Å². The Morgan fingerprint density at radius 3 is 2.59 bits per heavy atom. The van der Waals surface area contributed by atoms with E-state index in [0.29, 0.717) is 17.1 Å². The van der Waals surface area contributed by atoms with Crippen molar-refractivity contribution in [1.82, 2.24) is 0 Å². The zero-order valence-corrected chi connectivity index (χ0v) is 13.8. The number of rotatable bonds is 5. The van der Waals surface area contributed by atoms with Gasteiger partial charge in [0.25, 0.3) is 5.91 Å². The molecule has 0 spiro atoms. The smallest absolute Gasteiger partial charge is 0.265 e. The summed E-state index contributed by atoms with van der Waals surface area (Å²) >= 11 is 6.08. The number of para-hydroxylation sites is 1. The van der Waals surface area contributed by atoms with Crippen LogP contribution in [0.2, 0.25) is 5.02 Å². The molecule has 0 saturated carbocycles. The molecule has 0 saturated heterocycles. The molecule has 0 fully saturated rings. The monoisotopic (exact) mass is 317 g/mol. The lowest BCUT2D eigenvalue weighted by atomic mass is 10.1. The standard InChI is InChI=1S/C18H20ClNO2/c1-4-16(22-17-11-6-5-8-12(17)2)18(21)20-15-10-7-9-14(19)13(15)3/h5-11,16H,4H2,1-3H3,(H,20,21). The molecular formula is C18H20ClNO2. The van der Waals surface area contributed by atoms with Crippen molar-refractivity contribution < 1.29 is 9.53 Å². The topological polar surface area (TPSA) is 38.3 Å². The van der Waals surface area contributed by atoms with Crippen LogP contribution in [0.5, 0.6) is 5.75 Å². The van der Waals surface area contributed by atoms with Gasteiger partial charge in [-0.3, -0.25) is 4.79 Å². The van der Waals surface area contributed by atoms with Gasteiger partial charge in [0.05, 0.1) is 0 Å². The molecule has 22 heavy (non-hydrogen) atoms. The van der Waals surface area contributed by atoms with E-state index in [2.05, 4.69) is 5.32 Å². The number of carbonyl (C=O) groups excluding carboxylic acids is 1. The average Bonchev–Trinajstić information content (AvgIpc) is 2.51. The Bertz CT molecular complexity index is 670. The maximum Gasteiger partial charge on any atom is 0.265 e. The molecule has 0 aliphatic heterocycles. The highest BCUT2D eigenvalue weighted by molar-refractivity contribution is 6.31. The first-order valence-electron chi connectivity index (χ1n) is 7.31. The van der Waals surface area contributed by atoms with Crippen molar-refractivity contribution >= 4 is 23.2 Å². The second-order valence-electron chi connectivity index (χ2n) is 5.18. The van der Waals surface area contributed by atoms with Gasteiger partial charge in [0, 0.05) is 10.7 Å². The molecular weight excluding hydrogens is 298 g/mol. The molecule has 1 atom stereocenters. The third-order valence-electron chi connectivity index (χ3n) is 3.55. The lowest BCUT2D eigenvalue weighted by molar-refractivity contribution is -0.122. The predicted octanol–water partition coefficient (Wildman–Crippen LogP) is 4.75. The van der Waals surface area contributed by atoms with E-state index in [0.717, 1.165) is 16.9 Å². The number of aryl methyl sites for hydroxylation is 1. The molecule has 3 nitrogen and oxygen atoms in total. The molecule has 0 aromatic heterocycles. The molecule has 1 unspecified atom stereocenters. The summed E-state index contributed by atoms with van der Waals surface area (Å²) in [7, 11) is 0. The summed E-state index contributed by atoms with van der Waals surface area (Å²) in [6.45, 7) is 5.76. The number of hydrogen-bond acceptors (Lipinski definition) is 2. The van der Waals surface area contributed by atoms with Crippen LogP contribution < -0.4 is 10.1 Å². The van der Waals surface area contributed by atoms with Gasteiger partial charge in [-0.1, -0.05) is 42.8 Å². The first-order valence-corrected chi connectivity index (χ1v) is 7.69. The Balaban J connectivity index is 2.12. The van der Waals surface area contributed by atoms with Crippen LogP contribution in [-0.4, -0.2) is 12.0 Å². The molecule has 1 N–H and O–H groups in total. The highest BCUT2D eigenvalue weighted by Crippen LogP contribution is 2.24. The van der Waals surface area contributed by atoms with E-state index in [9.17, 15) is 4.79 Å². The van der Waals surface area contributed by atoms with Gasteiger partial charge in [0.1, 0.15) is 5.75 Å². The van der Waals surface area contributed by atoms with Crippen LogP contribution in [0.25, 0.3) is 0 Å². The number of halogens is 1. The van der Waals surface area contributed by atoms with Crippen LogP contribution in [0, 0.1) is 13.8 Å². The molecule has 2 rings (SSSR count). The fourth-order valence-corrected chi connectivity index (χ4v) is 2.29. The fourth-order valence-electron chi connectivity index (χ4n) is 2.12. The Labute approximate surface area is 136 Å². The SMILES string of the molecule is CCC(Oc1ccccc1C)C(=O)Nc1cccc(Cl)c1C. The average molecular weight is 318 g/mol. The van der Waals surface area contributed by atoms with Gasteiger partial charge in [-0.25, -0.2) is 0 Å². The van der Waals surface area contributed by atoms with E-state index in [-0.39, 0.29) is 5.91 Å². The summed E-state index contributed by atoms with van der Waals surface area (Å²) in [6.07, 6.45) is 0.0410. The summed E-state index contributed by atoms with van der Waals surface area (Å²) in [5, 5.41) is 3.52. The zero-order chi connectivity index (χ0) is 16.1. The van der Waals surface area contributed by atoms with Gasteiger partial charge in [-0.15, -0.1) is 0 Å². The quantitative estimate of drug-likeness (QED) is 0.864. The Morgan fingerprint density at radius 1 is 1.18 bits per heavy atom. The first kappa shape index (κ1) is 16.4. The summed E-state index contributed by atoms with van der Waals surface area (Å²) in [5.74, 6) is 0.559. The van der Waals surface area contributed by atoms with Gasteiger partial charge in [0.15, 0.2) is 6.10 Å². The number of hydrogen-bond donors (Lipinski definition) is 1. The fraction of sp³-hybridized carbons (Fsp3) is 0.278. The summed E-state index contributed by atoms with van der Waals surface area (Å²) < 4.78 is 5.85. The second kappa shape index (κ2) is 7.32. The van der Waals surface area contributed by atoms with Crippen molar-refractivity contribution in [3.63, 3.8) is 0 Å². The van der Waals surface area contributed by atoms with Crippen LogP contribution in [-0.2, 0) is 4.79 Å². The molecule has 2 aromatic rings. The second-order valence-corrected chi connectivity index (χ2v) is 5.59. The molecule has 0 heterocycles. The van der Waals surface area contributed by atoms with Crippen molar-refractivity contribution in [3.8, 4) is 5.75 Å². The summed E-state index contributed by atoms with van der Waals surface area (Å²) in [5.41, 5.74) is 2.57. The van der Waals surface area contributed by atoms with Crippen LogP contribution in [0.4, 0.5) is 5.69 Å². The minimum absolute atomic E-state index is 0.170. The number of anilines is 1. The molecule has 1 amide bonds. The minimum atomic E-state index is -0.542. The van der Waals surface area contributed by atoms with Crippen molar-refractivity contribution in [1.29, 1.82) is 0 Å². The highest BCUT2D eigenvalue weighted by Gasteiger charge is 2.20. The minimum Gasteiger partial charge on any atom is -0.480 e. The molecule has 0 radical (unpaired) electrons. The number of nitrogens with one attached hydrogen (secondary N) is 1. The lowest BCUT2D eigenvalue weighted by Crippen LogP contribution is -2.32. The largest absolute Gasteiger partial charge is 0.480 e. The van der Waals surface area contributed by atoms with Crippen molar-refractivity contribution in [2.75, 3.05) is 5.32 Å². The zero-order valence-electron chi connectivity index (χ0n) is 13.0. The third-order valence-corrected chi connectivity index (χ3v) is 3.96. The third kappa shape index (κ3) is 3.80. The highest BCUT2D eigenvalue weighted by atomic mass is 35.5. The van der Waals surface area contributed by atoms with E-state index < -0.39 is 6.10 Å². The Morgan fingerprint density at radius 2 is 1.91 bits per heavy atom. The van der Waals surface area contributed by atoms with Crippen LogP contribution >= 0.6 is 11.6 Å². The van der Waals surface area contributed by atoms with E-state index in [1.807, 2.05) is 57.2 Å². The van der Waals surface area contributed by atoms with Gasteiger partial charge in [-0.2, -0.15) is 0 Å². The Kier molecular flexibility index (Phi) is 5.45. The van der Waals surface area contributed by atoms with Crippen molar-refractivity contribution in [2.45, 2.75) is 33.3 Å². The van der Waals surface area contributed by atoms with Gasteiger partial charge in [0.2, 0.25) is 0 Å². The maximum atomic E-state index is 12.4. The first-order chi connectivity index (χ1) is 10.5. The van der Waals surface area contributed by atoms with Crippen LogP contribution in [0.1, 0.15) is 24.5 Å². The molecule has 0 aliphatic rings. The van der Waals surface area contributed by atoms with Gasteiger partial charge < -0.3 is 10.1 Å². The molecule has 2 aromatic carbocycles. The number of carbonyl (C=O) groups is 1. The predicted molar refractivity (Wildman–Crippen MR) is 90.7 cm³/mol. The van der Waals surface area contributed by atoms with Crippen LogP contribution in [0.15, 0.2) is 42.5 Å². The van der Waals surface area contributed by atoms with E-state index in [1.165, 1.54) is 0 Å². The number of ether oxygens (including phenoxy) is 1. The van der Waals surface area contributed by atoms with E-state index >= 15 is 0 Å². The van der Waals surface area contributed by atoms with Crippen molar-refractivity contribution in [3.05, 3.63) is 58.6 Å². The normalized spacial score (nSPS) is 11.8. The molecule has 116 valence electrons. The maximum absolute atomic E-state index is 12.4. The van der Waals surface area contributed by atoms with Gasteiger partial charge in [-0.05, 0) is 49.6 Å². The molecule has 0 bridgehead atoms. The summed E-state index contributed by atoms with van der Waals surface area (Å²) in [6, 6.07) is 13.1. The molecule has 4 heteroatoms. The Hall–Kier alpha value is -2.00. The van der Waals surface area contributed by atoms with Gasteiger partial charge >= 0.3 is 0 Å². The lowest BCUT2D eigenvalue weighted by Gasteiger charge is -2.19. The number of amides is 1. The van der Waals surface area contributed by atoms with Crippen molar-refractivity contribution in [2.24, 2.45) is 0 Å².